The summed E-state index contributed by atoms with van der Waals surface area (Å²) in [6.45, 7) is 0. The van der Waals surface area contributed by atoms with E-state index in [1.165, 1.54) is 22.3 Å². The van der Waals surface area contributed by atoms with Crippen LogP contribution in [0.3, 0.4) is 0 Å². The van der Waals surface area contributed by atoms with Gasteiger partial charge in [0.25, 0.3) is 0 Å². The summed E-state index contributed by atoms with van der Waals surface area (Å²) in [4.78, 5) is 0. The Morgan fingerprint density at radius 3 is 1.00 bits per heavy atom. The zero-order valence-corrected chi connectivity index (χ0v) is 13.8. The Bertz CT molecular complexity index is 850. The van der Waals surface area contributed by atoms with E-state index in [4.69, 9.17) is 4.74 Å². The molecule has 122 valence electrons. The summed E-state index contributed by atoms with van der Waals surface area (Å²) in [7, 11) is 0. The van der Waals surface area contributed by atoms with Gasteiger partial charge >= 0.3 is 51.4 Å². The van der Waals surface area contributed by atoms with Crippen molar-refractivity contribution in [2.75, 3.05) is 0 Å². The van der Waals surface area contributed by atoms with Crippen LogP contribution in [0.4, 0.5) is 0 Å². The monoisotopic (exact) mass is 362 g/mol. The quantitative estimate of drug-likeness (QED) is 0.395. The predicted molar refractivity (Wildman–Crippen MR) is 111 cm³/mol. The second-order valence-corrected chi connectivity index (χ2v) is 5.88. The average Bonchev–Trinajstić information content (AvgIpc) is 2.71. The van der Waals surface area contributed by atoms with Crippen LogP contribution in [0, 0.1) is 0 Å². The van der Waals surface area contributed by atoms with Crippen LogP contribution in [-0.4, -0.2) is 51.4 Å². The maximum absolute atomic E-state index is 5.96. The number of hydrogen-bond acceptors (Lipinski definition) is 1. The van der Waals surface area contributed by atoms with E-state index >= 15 is 0 Å². The summed E-state index contributed by atoms with van der Waals surface area (Å²) in [6, 6.07) is 37.1. The molecule has 0 aliphatic rings. The van der Waals surface area contributed by atoms with Gasteiger partial charge in [-0.2, -0.15) is 0 Å². The van der Waals surface area contributed by atoms with E-state index in [1.54, 1.807) is 0 Å². The second-order valence-electron chi connectivity index (χ2n) is 5.88. The molecule has 0 N–H and O–H groups in total. The van der Waals surface area contributed by atoms with Crippen LogP contribution in [0.5, 0.6) is 11.5 Å². The summed E-state index contributed by atoms with van der Waals surface area (Å²) in [6.07, 6.45) is 0. The Labute approximate surface area is 197 Å². The Morgan fingerprint density at radius 1 is 0.346 bits per heavy atom. The topological polar surface area (TPSA) is 9.23 Å². The molecule has 0 saturated heterocycles. The number of ether oxygens (including phenoxy) is 1. The van der Waals surface area contributed by atoms with Crippen LogP contribution in [0.15, 0.2) is 109 Å². The first-order valence-corrected chi connectivity index (χ1v) is 8.37. The maximum atomic E-state index is 5.96. The molecule has 0 radical (unpaired) electrons. The first-order chi connectivity index (χ1) is 12.4. The minimum atomic E-state index is 0. The molecule has 0 fully saturated rings. The van der Waals surface area contributed by atoms with Crippen molar-refractivity contribution in [2.24, 2.45) is 0 Å². The van der Waals surface area contributed by atoms with Gasteiger partial charge in [-0.3, -0.25) is 0 Å². The molecule has 0 atom stereocenters. The first kappa shape index (κ1) is 19.1. The molecule has 0 aliphatic carbocycles. The van der Waals surface area contributed by atoms with Crippen LogP contribution < -0.4 is 4.74 Å². The van der Waals surface area contributed by atoms with E-state index in [9.17, 15) is 0 Å². The fourth-order valence-electron chi connectivity index (χ4n) is 2.83. The van der Waals surface area contributed by atoms with E-state index in [2.05, 4.69) is 48.5 Å². The van der Waals surface area contributed by atoms with Gasteiger partial charge in [0.05, 0.1) is 0 Å². The molecular formula is C24H19KO. The third-order valence-corrected chi connectivity index (χ3v) is 4.16. The normalized spacial score (nSPS) is 10.0. The summed E-state index contributed by atoms with van der Waals surface area (Å²) < 4.78 is 5.96. The minimum Gasteiger partial charge on any atom is -0.457 e. The van der Waals surface area contributed by atoms with Crippen molar-refractivity contribution in [2.45, 2.75) is 0 Å². The summed E-state index contributed by atoms with van der Waals surface area (Å²) in [5, 5.41) is 0. The zero-order chi connectivity index (χ0) is 16.9. The van der Waals surface area contributed by atoms with Crippen molar-refractivity contribution >= 4 is 51.4 Å². The molecule has 0 saturated carbocycles. The van der Waals surface area contributed by atoms with Gasteiger partial charge in [-0.15, -0.1) is 0 Å². The molecule has 1 nitrogen and oxygen atoms in total. The Morgan fingerprint density at radius 2 is 0.654 bits per heavy atom. The molecule has 2 heteroatoms. The Kier molecular flexibility index (Phi) is 6.84. The van der Waals surface area contributed by atoms with Crippen molar-refractivity contribution < 1.29 is 4.74 Å². The molecule has 4 rings (SSSR count). The van der Waals surface area contributed by atoms with Crippen molar-refractivity contribution in [3.8, 4) is 33.8 Å². The van der Waals surface area contributed by atoms with Gasteiger partial charge in [0, 0.05) is 0 Å². The van der Waals surface area contributed by atoms with Gasteiger partial charge < -0.3 is 4.74 Å². The van der Waals surface area contributed by atoms with Gasteiger partial charge in [-0.05, 0) is 46.5 Å². The van der Waals surface area contributed by atoms with Crippen molar-refractivity contribution in [1.29, 1.82) is 0 Å². The average molecular weight is 363 g/mol. The van der Waals surface area contributed by atoms with E-state index in [-0.39, 0.29) is 51.4 Å². The van der Waals surface area contributed by atoms with Crippen molar-refractivity contribution in [1.82, 2.24) is 0 Å². The van der Waals surface area contributed by atoms with E-state index in [0.717, 1.165) is 11.5 Å². The van der Waals surface area contributed by atoms with Crippen molar-refractivity contribution in [3.63, 3.8) is 0 Å². The van der Waals surface area contributed by atoms with Gasteiger partial charge in [0.1, 0.15) is 11.5 Å². The third-order valence-electron chi connectivity index (χ3n) is 4.16. The molecule has 4 aromatic rings. The number of benzene rings is 4. The summed E-state index contributed by atoms with van der Waals surface area (Å²) in [5.41, 5.74) is 4.79. The SMILES string of the molecule is [KH].c1ccc(-c2ccc(Oc3ccc(-c4ccccc4)cc3)cc2)cc1. The summed E-state index contributed by atoms with van der Waals surface area (Å²) >= 11 is 0. The summed E-state index contributed by atoms with van der Waals surface area (Å²) in [5.74, 6) is 1.68. The van der Waals surface area contributed by atoms with Gasteiger partial charge in [-0.1, -0.05) is 84.9 Å². The molecule has 26 heavy (non-hydrogen) atoms. The molecule has 0 aliphatic heterocycles. The van der Waals surface area contributed by atoms with E-state index < -0.39 is 0 Å². The zero-order valence-electron chi connectivity index (χ0n) is 13.8. The molecular weight excluding hydrogens is 343 g/mol. The molecule has 0 unspecified atom stereocenters. The van der Waals surface area contributed by atoms with E-state index in [1.807, 2.05) is 60.7 Å². The number of hydrogen-bond donors (Lipinski definition) is 0. The van der Waals surface area contributed by atoms with Crippen molar-refractivity contribution in [3.05, 3.63) is 109 Å². The number of rotatable bonds is 4. The van der Waals surface area contributed by atoms with Gasteiger partial charge in [0.2, 0.25) is 0 Å². The second kappa shape index (κ2) is 9.31. The van der Waals surface area contributed by atoms with Crippen LogP contribution in [0.2, 0.25) is 0 Å². The standard InChI is InChI=1S/C24H18O.K.H/c1-3-7-19(8-4-1)21-11-15-23(16-12-21)25-24-17-13-22(14-18-24)20-9-5-2-6-10-20;;/h1-18H;;. The molecule has 0 aromatic heterocycles. The van der Waals surface area contributed by atoms with Crippen LogP contribution in [0.25, 0.3) is 22.3 Å². The van der Waals surface area contributed by atoms with Gasteiger partial charge in [0.15, 0.2) is 0 Å². The fourth-order valence-corrected chi connectivity index (χ4v) is 2.83. The molecule has 0 amide bonds. The van der Waals surface area contributed by atoms with E-state index in [0.29, 0.717) is 0 Å². The molecule has 4 aromatic carbocycles. The Balaban J connectivity index is 0.00000196. The predicted octanol–water partition coefficient (Wildman–Crippen LogP) is 6.16. The molecule has 0 bridgehead atoms. The van der Waals surface area contributed by atoms with Gasteiger partial charge in [-0.25, -0.2) is 0 Å². The van der Waals surface area contributed by atoms with Crippen LogP contribution >= 0.6 is 0 Å². The maximum Gasteiger partial charge on any atom is 0.127 e. The Hall–Kier alpha value is -1.68. The first-order valence-electron chi connectivity index (χ1n) is 8.37. The molecule has 0 heterocycles. The fraction of sp³-hybridized carbons (Fsp3) is 0. The largest absolute Gasteiger partial charge is 0.457 e. The van der Waals surface area contributed by atoms with Crippen LogP contribution in [-0.2, 0) is 0 Å². The smallest absolute Gasteiger partial charge is 0.127 e. The third kappa shape index (κ3) is 4.73. The minimum absolute atomic E-state index is 0. The van der Waals surface area contributed by atoms with Crippen LogP contribution in [0.1, 0.15) is 0 Å². The molecule has 0 spiro atoms.